The number of hydrogen-bond acceptors (Lipinski definition) is 6. The number of nitrogens with zero attached hydrogens (tertiary/aromatic N) is 3. The van der Waals surface area contributed by atoms with Crippen LogP contribution in [0.25, 0.3) is 0 Å². The number of amides is 1. The zero-order valence-corrected chi connectivity index (χ0v) is 14.5. The maximum Gasteiger partial charge on any atom is 0.240 e. The number of nitrogens with one attached hydrogen (secondary N) is 1. The molecule has 124 valence electrons. The lowest BCUT2D eigenvalue weighted by Crippen LogP contribution is -2.49. The van der Waals surface area contributed by atoms with Gasteiger partial charge in [-0.25, -0.2) is 4.98 Å². The van der Waals surface area contributed by atoms with Gasteiger partial charge in [0.05, 0.1) is 18.8 Å². The third-order valence-electron chi connectivity index (χ3n) is 3.92. The summed E-state index contributed by atoms with van der Waals surface area (Å²) in [5, 5.41) is 3.64. The van der Waals surface area contributed by atoms with Crippen LogP contribution in [-0.4, -0.2) is 73.7 Å². The normalized spacial score (nSPS) is 16.9. The number of carbonyl (C=O) groups excluding carboxylic acids is 1. The Hall–Kier alpha value is -1.02. The van der Waals surface area contributed by atoms with Crippen LogP contribution in [0.5, 0.6) is 0 Å². The molecule has 1 N–H and O–H groups in total. The molecule has 0 aromatic carbocycles. The van der Waals surface area contributed by atoms with Crippen molar-refractivity contribution in [3.8, 4) is 0 Å². The lowest BCUT2D eigenvalue weighted by Gasteiger charge is -2.33. The Bertz CT molecular complexity index is 484. The minimum Gasteiger partial charge on any atom is -0.383 e. The Morgan fingerprint density at radius 1 is 1.32 bits per heavy atom. The maximum atomic E-state index is 12.1. The first-order chi connectivity index (χ1) is 10.6. The Morgan fingerprint density at radius 2 is 2.00 bits per heavy atom. The summed E-state index contributed by atoms with van der Waals surface area (Å²) in [5.41, 5.74) is 1.08. The summed E-state index contributed by atoms with van der Waals surface area (Å²) in [6.07, 6.45) is 0.904. The number of aryl methyl sites for hydroxylation is 2. The molecule has 2 rings (SSSR count). The third kappa shape index (κ3) is 5.01. The van der Waals surface area contributed by atoms with Crippen molar-refractivity contribution in [1.29, 1.82) is 0 Å². The van der Waals surface area contributed by atoms with Gasteiger partial charge < -0.3 is 10.1 Å². The second-order valence-electron chi connectivity index (χ2n) is 5.53. The van der Waals surface area contributed by atoms with Gasteiger partial charge in [0.15, 0.2) is 5.13 Å². The van der Waals surface area contributed by atoms with E-state index in [2.05, 4.69) is 27.0 Å². The van der Waals surface area contributed by atoms with Gasteiger partial charge >= 0.3 is 0 Å². The molecule has 1 aliphatic rings. The van der Waals surface area contributed by atoms with Gasteiger partial charge in [-0.2, -0.15) is 0 Å². The molecule has 0 unspecified atom stereocenters. The highest BCUT2D eigenvalue weighted by Crippen LogP contribution is 2.22. The highest BCUT2D eigenvalue weighted by molar-refractivity contribution is 7.15. The highest BCUT2D eigenvalue weighted by Gasteiger charge is 2.19. The van der Waals surface area contributed by atoms with Crippen LogP contribution in [0.1, 0.15) is 17.5 Å². The van der Waals surface area contributed by atoms with E-state index in [0.717, 1.165) is 56.6 Å². The zero-order chi connectivity index (χ0) is 15.9. The van der Waals surface area contributed by atoms with Gasteiger partial charge in [0.1, 0.15) is 0 Å². The van der Waals surface area contributed by atoms with Crippen molar-refractivity contribution < 1.29 is 9.53 Å². The fourth-order valence-corrected chi connectivity index (χ4v) is 3.48. The van der Waals surface area contributed by atoms with E-state index in [1.165, 1.54) is 4.88 Å². The van der Waals surface area contributed by atoms with Gasteiger partial charge in [0.25, 0.3) is 0 Å². The summed E-state index contributed by atoms with van der Waals surface area (Å²) < 4.78 is 5.10. The number of carbonyl (C=O) groups is 1. The molecule has 2 heterocycles. The highest BCUT2D eigenvalue weighted by atomic mass is 32.1. The number of piperazine rings is 1. The van der Waals surface area contributed by atoms with Crippen molar-refractivity contribution in [3.05, 3.63) is 10.6 Å². The number of thiazole rings is 1. The first-order valence-electron chi connectivity index (χ1n) is 7.82. The summed E-state index contributed by atoms with van der Waals surface area (Å²) >= 11 is 1.56. The minimum atomic E-state index is 0.0294. The van der Waals surface area contributed by atoms with E-state index < -0.39 is 0 Å². The Kier molecular flexibility index (Phi) is 6.75. The second-order valence-corrected chi connectivity index (χ2v) is 6.74. The van der Waals surface area contributed by atoms with Crippen molar-refractivity contribution in [2.75, 3.05) is 58.3 Å². The van der Waals surface area contributed by atoms with Gasteiger partial charge in [-0.3, -0.25) is 14.6 Å². The summed E-state index contributed by atoms with van der Waals surface area (Å²) in [4.78, 5) is 22.3. The Labute approximate surface area is 136 Å². The van der Waals surface area contributed by atoms with E-state index in [1.807, 2.05) is 6.92 Å². The number of anilines is 1. The number of hydrogen-bond donors (Lipinski definition) is 1. The molecule has 7 heteroatoms. The van der Waals surface area contributed by atoms with E-state index >= 15 is 0 Å². The van der Waals surface area contributed by atoms with Crippen LogP contribution in [0.2, 0.25) is 0 Å². The van der Waals surface area contributed by atoms with Crippen LogP contribution < -0.4 is 5.32 Å². The molecule has 0 radical (unpaired) electrons. The smallest absolute Gasteiger partial charge is 0.240 e. The predicted octanol–water partition coefficient (Wildman–Crippen LogP) is 1.22. The number of ether oxygens (including phenoxy) is 1. The van der Waals surface area contributed by atoms with Gasteiger partial charge in [-0.05, 0) is 13.3 Å². The maximum absolute atomic E-state index is 12.1. The Morgan fingerprint density at radius 3 is 2.59 bits per heavy atom. The lowest BCUT2D eigenvalue weighted by molar-refractivity contribution is -0.117. The number of aromatic nitrogens is 1. The summed E-state index contributed by atoms with van der Waals surface area (Å²) in [6, 6.07) is 0. The molecule has 1 saturated heterocycles. The third-order valence-corrected chi connectivity index (χ3v) is 4.85. The van der Waals surface area contributed by atoms with Crippen molar-refractivity contribution in [1.82, 2.24) is 14.8 Å². The predicted molar refractivity (Wildman–Crippen MR) is 89.6 cm³/mol. The molecule has 1 aromatic heterocycles. The van der Waals surface area contributed by atoms with Crippen LogP contribution in [0.4, 0.5) is 5.13 Å². The van der Waals surface area contributed by atoms with Crippen molar-refractivity contribution >= 4 is 22.4 Å². The number of methoxy groups -OCH3 is 1. The molecule has 0 atom stereocenters. The van der Waals surface area contributed by atoms with Crippen molar-refractivity contribution in [3.63, 3.8) is 0 Å². The minimum absolute atomic E-state index is 0.0294. The average Bonchev–Trinajstić information content (AvgIpc) is 2.86. The standard InChI is InChI=1S/C15H26N4O2S/c1-4-13-12(2)22-15(16-13)17-14(20)11-19-7-5-18(6-8-19)9-10-21-3/h4-11H2,1-3H3,(H,16,17,20). The molecule has 0 spiro atoms. The molecule has 22 heavy (non-hydrogen) atoms. The molecule has 0 aliphatic carbocycles. The molecule has 1 fully saturated rings. The van der Waals surface area contributed by atoms with E-state index in [4.69, 9.17) is 4.74 Å². The number of rotatable bonds is 7. The monoisotopic (exact) mass is 326 g/mol. The molecule has 0 bridgehead atoms. The van der Waals surface area contributed by atoms with Gasteiger partial charge in [-0.15, -0.1) is 11.3 Å². The molecule has 0 saturated carbocycles. The summed E-state index contributed by atoms with van der Waals surface area (Å²) in [6.45, 7) is 10.1. The molecular formula is C15H26N4O2S. The fraction of sp³-hybridized carbons (Fsp3) is 0.733. The Balaban J connectivity index is 1.73. The van der Waals surface area contributed by atoms with E-state index in [1.54, 1.807) is 18.4 Å². The topological polar surface area (TPSA) is 57.7 Å². The van der Waals surface area contributed by atoms with Crippen molar-refractivity contribution in [2.45, 2.75) is 20.3 Å². The second kappa shape index (κ2) is 8.57. The van der Waals surface area contributed by atoms with E-state index in [-0.39, 0.29) is 5.91 Å². The summed E-state index contributed by atoms with van der Waals surface area (Å²) in [7, 11) is 1.73. The van der Waals surface area contributed by atoms with Crippen LogP contribution in [-0.2, 0) is 16.0 Å². The first-order valence-corrected chi connectivity index (χ1v) is 8.63. The van der Waals surface area contributed by atoms with Crippen LogP contribution in [0, 0.1) is 6.92 Å². The first kappa shape index (κ1) is 17.3. The fourth-order valence-electron chi connectivity index (χ4n) is 2.56. The molecule has 1 aromatic rings. The van der Waals surface area contributed by atoms with Crippen molar-refractivity contribution in [2.24, 2.45) is 0 Å². The largest absolute Gasteiger partial charge is 0.383 e. The van der Waals surface area contributed by atoms with E-state index in [0.29, 0.717) is 6.54 Å². The SMILES string of the molecule is CCc1nc(NC(=O)CN2CCN(CCOC)CC2)sc1C. The van der Waals surface area contributed by atoms with Gasteiger partial charge in [-0.1, -0.05) is 6.92 Å². The van der Waals surface area contributed by atoms with E-state index in [9.17, 15) is 4.79 Å². The molecule has 1 aliphatic heterocycles. The lowest BCUT2D eigenvalue weighted by atomic mass is 10.3. The molecule has 1 amide bonds. The van der Waals surface area contributed by atoms with Crippen LogP contribution in [0.3, 0.4) is 0 Å². The van der Waals surface area contributed by atoms with Gasteiger partial charge in [0.2, 0.25) is 5.91 Å². The quantitative estimate of drug-likeness (QED) is 0.816. The molecule has 6 nitrogen and oxygen atoms in total. The average molecular weight is 326 g/mol. The molecular weight excluding hydrogens is 300 g/mol. The summed E-state index contributed by atoms with van der Waals surface area (Å²) in [5.74, 6) is 0.0294. The van der Waals surface area contributed by atoms with Gasteiger partial charge in [0, 0.05) is 44.7 Å². The van der Waals surface area contributed by atoms with Crippen LogP contribution >= 0.6 is 11.3 Å². The van der Waals surface area contributed by atoms with Crippen LogP contribution in [0.15, 0.2) is 0 Å². The zero-order valence-electron chi connectivity index (χ0n) is 13.7.